The predicted octanol–water partition coefficient (Wildman–Crippen LogP) is 3.82. The molecule has 0 spiro atoms. The summed E-state index contributed by atoms with van der Waals surface area (Å²) in [4.78, 5) is 0. The van der Waals surface area contributed by atoms with E-state index in [0.717, 1.165) is 0 Å². The average Bonchev–Trinajstić information content (AvgIpc) is 2.15. The van der Waals surface area contributed by atoms with Gasteiger partial charge in [-0.25, -0.2) is 0 Å². The number of benzene rings is 1. The minimum absolute atomic E-state index is 1.24. The molecule has 0 saturated heterocycles. The van der Waals surface area contributed by atoms with Gasteiger partial charge in [0.2, 0.25) is 0 Å². The Balaban J connectivity index is 2.48. The quantitative estimate of drug-likeness (QED) is 0.629. The Morgan fingerprint density at radius 2 is 1.83 bits per heavy atom. The molecule has 0 bridgehead atoms. The van der Waals surface area contributed by atoms with Gasteiger partial charge in [-0.3, -0.25) is 0 Å². The van der Waals surface area contributed by atoms with E-state index in [1.54, 1.807) is 0 Å². The van der Waals surface area contributed by atoms with Gasteiger partial charge in [-0.05, 0) is 12.0 Å². The van der Waals surface area contributed by atoms with Gasteiger partial charge in [0.25, 0.3) is 0 Å². The highest BCUT2D eigenvalue weighted by atomic mass is 14.1. The number of hydrogen-bond donors (Lipinski definition) is 0. The van der Waals surface area contributed by atoms with Gasteiger partial charge >= 0.3 is 0 Å². The van der Waals surface area contributed by atoms with Crippen molar-refractivity contribution in [2.75, 3.05) is 0 Å². The molecule has 12 heavy (non-hydrogen) atoms. The third-order valence-electron chi connectivity index (χ3n) is 2.17. The molecule has 1 rings (SSSR count). The van der Waals surface area contributed by atoms with Crippen LogP contribution in [0.1, 0.15) is 38.7 Å². The van der Waals surface area contributed by atoms with E-state index in [1.165, 1.54) is 30.7 Å². The van der Waals surface area contributed by atoms with Crippen LogP contribution in [0.2, 0.25) is 0 Å². The highest BCUT2D eigenvalue weighted by molar-refractivity contribution is 5.28. The van der Waals surface area contributed by atoms with E-state index in [9.17, 15) is 0 Å². The molecule has 1 aromatic carbocycles. The molecule has 0 unspecified atom stereocenters. The van der Waals surface area contributed by atoms with Crippen molar-refractivity contribution >= 4 is 0 Å². The summed E-state index contributed by atoms with van der Waals surface area (Å²) >= 11 is 0. The molecule has 0 heterocycles. The van der Waals surface area contributed by atoms with E-state index < -0.39 is 0 Å². The fourth-order valence-electron chi connectivity index (χ4n) is 1.31. The van der Waals surface area contributed by atoms with Crippen LogP contribution < -0.4 is 0 Å². The molecule has 0 nitrogen and oxygen atoms in total. The monoisotopic (exact) mass is 161 g/mol. The summed E-state index contributed by atoms with van der Waals surface area (Å²) in [6, 6.07) is 10.6. The summed E-state index contributed by atoms with van der Waals surface area (Å²) in [5.74, 6) is 1.51. The molecule has 0 aromatic heterocycles. The average molecular weight is 161 g/mol. The zero-order chi connectivity index (χ0) is 8.81. The van der Waals surface area contributed by atoms with E-state index in [2.05, 4.69) is 44.2 Å². The van der Waals surface area contributed by atoms with Crippen molar-refractivity contribution in [1.29, 1.82) is 0 Å². The number of rotatable bonds is 4. The van der Waals surface area contributed by atoms with Crippen LogP contribution >= 0.6 is 0 Å². The van der Waals surface area contributed by atoms with Gasteiger partial charge in [-0.15, -0.1) is 0 Å². The maximum absolute atomic E-state index is 2.23. The van der Waals surface area contributed by atoms with Gasteiger partial charge in [0, 0.05) is 5.92 Å². The largest absolute Gasteiger partial charge is 0.0654 e. The Morgan fingerprint density at radius 3 is 2.42 bits per heavy atom. The summed E-state index contributed by atoms with van der Waals surface area (Å²) in [6.45, 7) is 4.46. The van der Waals surface area contributed by atoms with Crippen molar-refractivity contribution in [3.63, 3.8) is 0 Å². The zero-order valence-electron chi connectivity index (χ0n) is 8.01. The molecule has 0 aliphatic heterocycles. The first-order valence-electron chi connectivity index (χ1n) is 4.72. The summed E-state index contributed by atoms with van der Waals surface area (Å²) in [5.41, 5.74) is 1.39. The molecule has 0 aliphatic rings. The zero-order valence-corrected chi connectivity index (χ0v) is 8.01. The van der Waals surface area contributed by atoms with Gasteiger partial charge in [0.15, 0.2) is 0 Å². The topological polar surface area (TPSA) is 0 Å². The van der Waals surface area contributed by atoms with E-state index >= 15 is 0 Å². The fraction of sp³-hybridized carbons (Fsp3) is 0.417. The maximum atomic E-state index is 2.23. The molecular weight excluding hydrogens is 144 g/mol. The minimum Gasteiger partial charge on any atom is -0.0654 e. The van der Waals surface area contributed by atoms with Crippen LogP contribution in [-0.2, 0) is 0 Å². The smallest absolute Gasteiger partial charge is 0.00189 e. The van der Waals surface area contributed by atoms with Crippen LogP contribution in [0.25, 0.3) is 0 Å². The van der Waals surface area contributed by atoms with Crippen LogP contribution in [0.4, 0.5) is 0 Å². The second-order valence-electron chi connectivity index (χ2n) is 3.25. The second-order valence-corrected chi connectivity index (χ2v) is 3.25. The highest BCUT2D eigenvalue weighted by Gasteiger charge is 2.03. The highest BCUT2D eigenvalue weighted by Crippen LogP contribution is 2.19. The number of unbranched alkanes of at least 4 members (excludes halogenated alkanes) is 1. The van der Waals surface area contributed by atoms with E-state index in [0.29, 0.717) is 0 Å². The summed E-state index contributed by atoms with van der Waals surface area (Å²) in [6.07, 6.45) is 3.82. The third-order valence-corrected chi connectivity index (χ3v) is 2.17. The molecule has 0 heteroatoms. The molecule has 1 radical (unpaired) electrons. The van der Waals surface area contributed by atoms with Crippen molar-refractivity contribution in [2.45, 2.75) is 33.1 Å². The normalized spacial score (nSPS) is 10.6. The summed E-state index contributed by atoms with van der Waals surface area (Å²) < 4.78 is 0. The Bertz CT molecular complexity index is 201. The van der Waals surface area contributed by atoms with Crippen molar-refractivity contribution in [3.05, 3.63) is 41.8 Å². The molecular formula is C12H17. The van der Waals surface area contributed by atoms with Gasteiger partial charge in [-0.1, -0.05) is 57.0 Å². The molecule has 0 saturated carbocycles. The van der Waals surface area contributed by atoms with Crippen LogP contribution in [0, 0.1) is 5.92 Å². The van der Waals surface area contributed by atoms with Gasteiger partial charge in [0.05, 0.1) is 0 Å². The predicted molar refractivity (Wildman–Crippen MR) is 54.0 cm³/mol. The van der Waals surface area contributed by atoms with Crippen molar-refractivity contribution in [2.24, 2.45) is 0 Å². The maximum Gasteiger partial charge on any atom is 0.00189 e. The van der Waals surface area contributed by atoms with Gasteiger partial charge < -0.3 is 0 Å². The molecule has 0 atom stereocenters. The Labute approximate surface area is 75.6 Å². The van der Waals surface area contributed by atoms with Crippen LogP contribution in [0.15, 0.2) is 30.3 Å². The van der Waals surface area contributed by atoms with Crippen molar-refractivity contribution < 1.29 is 0 Å². The molecule has 0 fully saturated rings. The molecule has 0 amide bonds. The Morgan fingerprint density at radius 1 is 1.17 bits per heavy atom. The first-order chi connectivity index (χ1) is 5.84. The lowest BCUT2D eigenvalue weighted by atomic mass is 9.96. The van der Waals surface area contributed by atoms with Crippen LogP contribution in [0.5, 0.6) is 0 Å². The second kappa shape index (κ2) is 4.97. The lowest BCUT2D eigenvalue weighted by Crippen LogP contribution is -1.93. The summed E-state index contributed by atoms with van der Waals surface area (Å²) in [5, 5.41) is 0. The number of hydrogen-bond acceptors (Lipinski definition) is 0. The molecule has 0 aliphatic carbocycles. The van der Waals surface area contributed by atoms with E-state index in [1.807, 2.05) is 0 Å². The molecule has 0 N–H and O–H groups in total. The SMILES string of the molecule is CCCC[C](C)c1ccccc1. The van der Waals surface area contributed by atoms with Gasteiger partial charge in [-0.2, -0.15) is 0 Å². The Hall–Kier alpha value is -0.780. The van der Waals surface area contributed by atoms with Crippen molar-refractivity contribution in [3.8, 4) is 0 Å². The first kappa shape index (κ1) is 9.31. The Kier molecular flexibility index (Phi) is 3.86. The van der Waals surface area contributed by atoms with Crippen LogP contribution in [-0.4, -0.2) is 0 Å². The minimum atomic E-state index is 1.24. The third kappa shape index (κ3) is 2.69. The molecule has 65 valence electrons. The molecule has 1 aromatic rings. The van der Waals surface area contributed by atoms with E-state index in [-0.39, 0.29) is 0 Å². The fourth-order valence-corrected chi connectivity index (χ4v) is 1.31. The van der Waals surface area contributed by atoms with Crippen molar-refractivity contribution in [1.82, 2.24) is 0 Å². The van der Waals surface area contributed by atoms with Crippen LogP contribution in [0.3, 0.4) is 0 Å². The lowest BCUT2D eigenvalue weighted by Gasteiger charge is -2.09. The van der Waals surface area contributed by atoms with E-state index in [4.69, 9.17) is 0 Å². The standard InChI is InChI=1S/C12H17/c1-3-4-8-11(2)12-9-6-5-7-10-12/h5-7,9-10H,3-4,8H2,1-2H3. The summed E-state index contributed by atoms with van der Waals surface area (Å²) in [7, 11) is 0. The van der Waals surface area contributed by atoms with Gasteiger partial charge in [0.1, 0.15) is 0 Å². The first-order valence-corrected chi connectivity index (χ1v) is 4.72. The lowest BCUT2D eigenvalue weighted by molar-refractivity contribution is 0.743.